The number of nitrogen functional groups attached to an aromatic ring is 1. The first kappa shape index (κ1) is 14.4. The van der Waals surface area contributed by atoms with Crippen molar-refractivity contribution >= 4 is 27.3 Å². The summed E-state index contributed by atoms with van der Waals surface area (Å²) in [6, 6.07) is 12.3. The van der Waals surface area contributed by atoms with E-state index in [1.165, 1.54) is 6.07 Å². The Kier molecular flexibility index (Phi) is 4.26. The largest absolute Gasteiger partial charge is 0.397 e. The molecule has 102 valence electrons. The summed E-state index contributed by atoms with van der Waals surface area (Å²) in [5.41, 5.74) is 8.60. The van der Waals surface area contributed by atoms with E-state index in [-0.39, 0.29) is 5.82 Å². The highest BCUT2D eigenvalue weighted by Crippen LogP contribution is 2.29. The van der Waals surface area contributed by atoms with Crippen molar-refractivity contribution < 1.29 is 4.39 Å². The molecular weight excluding hydrogens is 321 g/mol. The van der Waals surface area contributed by atoms with Crippen molar-refractivity contribution in [2.75, 3.05) is 17.7 Å². The second-order valence-corrected chi connectivity index (χ2v) is 5.35. The maximum absolute atomic E-state index is 13.6. The highest BCUT2D eigenvalue weighted by atomic mass is 79.9. The van der Waals surface area contributed by atoms with Crippen molar-refractivity contribution in [1.82, 2.24) is 0 Å². The smallest absolute Gasteiger partial charge is 0.139 e. The molecule has 0 saturated carbocycles. The summed E-state index contributed by atoms with van der Waals surface area (Å²) in [5.74, 6) is -0.355. The van der Waals surface area contributed by atoms with Crippen LogP contribution >= 0.6 is 15.9 Å². The van der Waals surface area contributed by atoms with Crippen LogP contribution in [-0.4, -0.2) is 7.05 Å². The number of nitrogens with two attached hydrogens (primary N) is 1. The van der Waals surface area contributed by atoms with E-state index in [0.717, 1.165) is 5.56 Å². The molecule has 0 aromatic heterocycles. The van der Waals surface area contributed by atoms with Gasteiger partial charge < -0.3 is 10.6 Å². The molecule has 0 fully saturated rings. The number of hydrogen-bond donors (Lipinski definition) is 1. The van der Waals surface area contributed by atoms with Gasteiger partial charge in [0.2, 0.25) is 0 Å². The van der Waals surface area contributed by atoms with E-state index in [9.17, 15) is 4.39 Å². The molecule has 2 rings (SSSR count). The Morgan fingerprint density at radius 1 is 1.35 bits per heavy atom. The zero-order valence-corrected chi connectivity index (χ0v) is 12.5. The fraction of sp³-hybridized carbons (Fsp3) is 0.133. The quantitative estimate of drug-likeness (QED) is 0.871. The zero-order valence-electron chi connectivity index (χ0n) is 10.9. The summed E-state index contributed by atoms with van der Waals surface area (Å²) in [7, 11) is 1.83. The van der Waals surface area contributed by atoms with E-state index < -0.39 is 0 Å². The Morgan fingerprint density at radius 3 is 2.80 bits per heavy atom. The molecule has 0 saturated heterocycles. The Morgan fingerprint density at radius 2 is 2.10 bits per heavy atom. The molecule has 5 heteroatoms. The number of nitrogens with zero attached hydrogens (tertiary/aromatic N) is 2. The van der Waals surface area contributed by atoms with Crippen LogP contribution in [0.15, 0.2) is 40.9 Å². The second kappa shape index (κ2) is 5.93. The van der Waals surface area contributed by atoms with E-state index >= 15 is 0 Å². The first-order chi connectivity index (χ1) is 9.51. The van der Waals surface area contributed by atoms with E-state index in [1.807, 2.05) is 30.1 Å². The Labute approximate surface area is 125 Å². The molecule has 3 nitrogen and oxygen atoms in total. The van der Waals surface area contributed by atoms with Crippen molar-refractivity contribution in [3.8, 4) is 6.07 Å². The average Bonchev–Trinajstić information content (AvgIpc) is 2.43. The van der Waals surface area contributed by atoms with E-state index in [0.29, 0.717) is 28.0 Å². The van der Waals surface area contributed by atoms with E-state index in [2.05, 4.69) is 22.0 Å². The van der Waals surface area contributed by atoms with Gasteiger partial charge in [-0.15, -0.1) is 0 Å². The Bertz CT molecular complexity index is 679. The monoisotopic (exact) mass is 333 g/mol. The summed E-state index contributed by atoms with van der Waals surface area (Å²) < 4.78 is 14.0. The van der Waals surface area contributed by atoms with Gasteiger partial charge in [0.25, 0.3) is 0 Å². The van der Waals surface area contributed by atoms with Crippen LogP contribution in [0.5, 0.6) is 0 Å². The van der Waals surface area contributed by atoms with Crippen LogP contribution in [-0.2, 0) is 6.54 Å². The molecule has 0 aliphatic carbocycles. The second-order valence-electron chi connectivity index (χ2n) is 4.49. The summed E-state index contributed by atoms with van der Waals surface area (Å²) in [4.78, 5) is 1.85. The number of hydrogen-bond acceptors (Lipinski definition) is 3. The predicted molar refractivity (Wildman–Crippen MR) is 81.8 cm³/mol. The number of rotatable bonds is 3. The maximum atomic E-state index is 13.6. The van der Waals surface area contributed by atoms with Gasteiger partial charge in [0.15, 0.2) is 0 Å². The minimum atomic E-state index is -0.355. The Hall–Kier alpha value is -2.06. The molecule has 0 heterocycles. The lowest BCUT2D eigenvalue weighted by molar-refractivity contribution is 0.620. The molecular formula is C15H13BrFN3. The average molecular weight is 334 g/mol. The predicted octanol–water partition coefficient (Wildman–Crippen LogP) is 3.68. The number of halogens is 2. The van der Waals surface area contributed by atoms with E-state index in [1.54, 1.807) is 12.1 Å². The lowest BCUT2D eigenvalue weighted by Crippen LogP contribution is -2.18. The van der Waals surface area contributed by atoms with Gasteiger partial charge in [0.05, 0.1) is 27.5 Å². The van der Waals surface area contributed by atoms with Crippen molar-refractivity contribution in [3.05, 3.63) is 57.8 Å². The minimum Gasteiger partial charge on any atom is -0.397 e. The summed E-state index contributed by atoms with van der Waals surface area (Å²) >= 11 is 3.11. The lowest BCUT2D eigenvalue weighted by atomic mass is 10.1. The van der Waals surface area contributed by atoms with Crippen molar-refractivity contribution in [2.45, 2.75) is 6.54 Å². The third-order valence-corrected chi connectivity index (χ3v) is 3.56. The standard InChI is InChI=1S/C15H13BrFN3/c1-20(9-11-4-2-3-10(5-11)8-18)15-7-13(17)12(16)6-14(15)19/h2-7H,9,19H2,1H3. The number of benzene rings is 2. The molecule has 20 heavy (non-hydrogen) atoms. The first-order valence-electron chi connectivity index (χ1n) is 5.96. The van der Waals surface area contributed by atoms with Gasteiger partial charge in [-0.25, -0.2) is 4.39 Å². The van der Waals surface area contributed by atoms with E-state index in [4.69, 9.17) is 11.0 Å². The molecule has 2 aromatic carbocycles. The summed E-state index contributed by atoms with van der Waals surface area (Å²) in [6.45, 7) is 0.542. The van der Waals surface area contributed by atoms with Gasteiger partial charge in [-0.3, -0.25) is 0 Å². The third-order valence-electron chi connectivity index (χ3n) is 2.96. The van der Waals surface area contributed by atoms with Crippen LogP contribution in [0.25, 0.3) is 0 Å². The van der Waals surface area contributed by atoms with Gasteiger partial charge in [0.1, 0.15) is 5.82 Å². The SMILES string of the molecule is CN(Cc1cccc(C#N)c1)c1cc(F)c(Br)cc1N. The third kappa shape index (κ3) is 3.09. The molecule has 2 N–H and O–H groups in total. The van der Waals surface area contributed by atoms with Crippen LogP contribution in [0, 0.1) is 17.1 Å². The molecule has 0 unspecified atom stereocenters. The zero-order chi connectivity index (χ0) is 14.7. The summed E-state index contributed by atoms with van der Waals surface area (Å²) in [5, 5.41) is 8.89. The van der Waals surface area contributed by atoms with Gasteiger partial charge >= 0.3 is 0 Å². The van der Waals surface area contributed by atoms with Gasteiger partial charge in [0, 0.05) is 19.7 Å². The molecule has 0 radical (unpaired) electrons. The molecule has 0 bridgehead atoms. The van der Waals surface area contributed by atoms with Gasteiger partial charge in [-0.1, -0.05) is 12.1 Å². The molecule has 0 spiro atoms. The molecule has 0 amide bonds. The molecule has 2 aromatic rings. The van der Waals surface area contributed by atoms with Crippen molar-refractivity contribution in [2.24, 2.45) is 0 Å². The molecule has 0 aliphatic rings. The normalized spacial score (nSPS) is 10.1. The van der Waals surface area contributed by atoms with Gasteiger partial charge in [-0.2, -0.15) is 5.26 Å². The first-order valence-corrected chi connectivity index (χ1v) is 6.75. The van der Waals surface area contributed by atoms with Gasteiger partial charge in [-0.05, 0) is 39.7 Å². The number of nitriles is 1. The molecule has 0 aliphatic heterocycles. The lowest BCUT2D eigenvalue weighted by Gasteiger charge is -2.21. The number of anilines is 2. The van der Waals surface area contributed by atoms with Crippen molar-refractivity contribution in [1.29, 1.82) is 5.26 Å². The maximum Gasteiger partial charge on any atom is 0.139 e. The fourth-order valence-corrected chi connectivity index (χ4v) is 2.34. The van der Waals surface area contributed by atoms with Crippen LogP contribution in [0.4, 0.5) is 15.8 Å². The fourth-order valence-electron chi connectivity index (χ4n) is 1.98. The van der Waals surface area contributed by atoms with Crippen LogP contribution < -0.4 is 10.6 Å². The minimum absolute atomic E-state index is 0.346. The Balaban J connectivity index is 2.26. The van der Waals surface area contributed by atoms with Crippen LogP contribution in [0.2, 0.25) is 0 Å². The highest BCUT2D eigenvalue weighted by Gasteiger charge is 2.10. The summed E-state index contributed by atoms with van der Waals surface area (Å²) in [6.07, 6.45) is 0. The molecule has 0 atom stereocenters. The highest BCUT2D eigenvalue weighted by molar-refractivity contribution is 9.10. The topological polar surface area (TPSA) is 53.0 Å². The van der Waals surface area contributed by atoms with Crippen LogP contribution in [0.3, 0.4) is 0 Å². The van der Waals surface area contributed by atoms with Crippen molar-refractivity contribution in [3.63, 3.8) is 0 Å². The van der Waals surface area contributed by atoms with Crippen LogP contribution in [0.1, 0.15) is 11.1 Å².